The molecule has 98 valence electrons. The minimum atomic E-state index is 0.217. The summed E-state index contributed by atoms with van der Waals surface area (Å²) >= 11 is 0. The predicted molar refractivity (Wildman–Crippen MR) is 69.9 cm³/mol. The molecular formula is C14H15N3O2. The first-order chi connectivity index (χ1) is 9.33. The van der Waals surface area contributed by atoms with Gasteiger partial charge >= 0.3 is 0 Å². The van der Waals surface area contributed by atoms with Gasteiger partial charge in [-0.2, -0.15) is 0 Å². The van der Waals surface area contributed by atoms with E-state index in [9.17, 15) is 0 Å². The number of nitrogens with zero attached hydrogens (tertiary/aromatic N) is 2. The van der Waals surface area contributed by atoms with Gasteiger partial charge in [0.05, 0.1) is 0 Å². The van der Waals surface area contributed by atoms with Crippen LogP contribution >= 0.6 is 0 Å². The fraction of sp³-hybridized carbons (Fsp3) is 0.286. The Labute approximate surface area is 111 Å². The second-order valence-corrected chi connectivity index (χ2v) is 4.46. The Morgan fingerprint density at radius 1 is 1.21 bits per heavy atom. The number of ether oxygens (including phenoxy) is 2. The van der Waals surface area contributed by atoms with Crippen LogP contribution in [0.4, 0.5) is 0 Å². The van der Waals surface area contributed by atoms with Gasteiger partial charge in [-0.3, -0.25) is 0 Å². The van der Waals surface area contributed by atoms with Gasteiger partial charge in [0.1, 0.15) is 6.33 Å². The van der Waals surface area contributed by atoms with Crippen LogP contribution in [0.5, 0.6) is 11.5 Å². The number of nitrogens with one attached hydrogen (secondary N) is 1. The lowest BCUT2D eigenvalue weighted by Crippen LogP contribution is -2.18. The Hall–Kier alpha value is -2.14. The lowest BCUT2D eigenvalue weighted by Gasteiger charge is -2.14. The molecule has 0 amide bonds. The Morgan fingerprint density at radius 2 is 2.00 bits per heavy atom. The third-order valence-corrected chi connectivity index (χ3v) is 3.12. The highest BCUT2D eigenvalue weighted by atomic mass is 16.7. The van der Waals surface area contributed by atoms with E-state index >= 15 is 0 Å². The zero-order valence-corrected chi connectivity index (χ0v) is 10.7. The summed E-state index contributed by atoms with van der Waals surface area (Å²) in [7, 11) is 0. The van der Waals surface area contributed by atoms with E-state index in [1.165, 1.54) is 11.9 Å². The zero-order valence-electron chi connectivity index (χ0n) is 10.7. The van der Waals surface area contributed by atoms with Crippen molar-refractivity contribution in [2.75, 3.05) is 6.79 Å². The van der Waals surface area contributed by atoms with E-state index in [2.05, 4.69) is 22.2 Å². The quantitative estimate of drug-likeness (QED) is 0.908. The number of aromatic nitrogens is 2. The van der Waals surface area contributed by atoms with Crippen molar-refractivity contribution in [3.05, 3.63) is 48.0 Å². The molecule has 1 aliphatic rings. The van der Waals surface area contributed by atoms with E-state index in [4.69, 9.17) is 9.47 Å². The third kappa shape index (κ3) is 2.66. The molecule has 0 saturated heterocycles. The van der Waals surface area contributed by atoms with E-state index in [1.54, 1.807) is 0 Å². The Bertz CT molecular complexity index is 560. The first kappa shape index (κ1) is 11.9. The molecule has 1 unspecified atom stereocenters. The summed E-state index contributed by atoms with van der Waals surface area (Å²) in [5.74, 6) is 1.63. The highest BCUT2D eigenvalue weighted by Gasteiger charge is 2.15. The van der Waals surface area contributed by atoms with Crippen LogP contribution in [0.25, 0.3) is 0 Å². The van der Waals surface area contributed by atoms with Crippen molar-refractivity contribution in [3.8, 4) is 11.5 Å². The van der Waals surface area contributed by atoms with Crippen molar-refractivity contribution < 1.29 is 9.47 Å². The number of rotatable bonds is 4. The summed E-state index contributed by atoms with van der Waals surface area (Å²) in [5, 5.41) is 3.43. The molecule has 0 bridgehead atoms. The van der Waals surface area contributed by atoms with Crippen molar-refractivity contribution in [2.24, 2.45) is 0 Å². The monoisotopic (exact) mass is 257 g/mol. The third-order valence-electron chi connectivity index (χ3n) is 3.12. The van der Waals surface area contributed by atoms with Crippen LogP contribution in [0.1, 0.15) is 24.1 Å². The normalized spacial score (nSPS) is 14.4. The average Bonchev–Trinajstić information content (AvgIpc) is 2.93. The van der Waals surface area contributed by atoms with Crippen molar-refractivity contribution >= 4 is 0 Å². The molecule has 1 atom stereocenters. The van der Waals surface area contributed by atoms with Gasteiger partial charge < -0.3 is 14.8 Å². The van der Waals surface area contributed by atoms with E-state index in [1.807, 2.05) is 30.6 Å². The molecule has 2 aromatic rings. The fourth-order valence-electron chi connectivity index (χ4n) is 1.99. The molecule has 1 aromatic carbocycles. The zero-order chi connectivity index (χ0) is 13.1. The van der Waals surface area contributed by atoms with Gasteiger partial charge in [-0.1, -0.05) is 6.07 Å². The number of hydrogen-bond acceptors (Lipinski definition) is 5. The molecule has 0 fully saturated rings. The van der Waals surface area contributed by atoms with Crippen LogP contribution in [-0.4, -0.2) is 16.8 Å². The molecule has 2 heterocycles. The Kier molecular flexibility index (Phi) is 3.29. The van der Waals surface area contributed by atoms with Crippen LogP contribution in [0.2, 0.25) is 0 Å². The highest BCUT2D eigenvalue weighted by molar-refractivity contribution is 5.45. The van der Waals surface area contributed by atoms with Crippen LogP contribution in [-0.2, 0) is 6.54 Å². The molecule has 0 aliphatic carbocycles. The van der Waals surface area contributed by atoms with Gasteiger partial charge in [-0.05, 0) is 24.6 Å². The summed E-state index contributed by atoms with van der Waals surface area (Å²) in [5.41, 5.74) is 2.23. The van der Waals surface area contributed by atoms with Gasteiger partial charge in [-0.25, -0.2) is 9.97 Å². The SMILES string of the molecule is CC(NCc1cncnc1)c1ccc2c(c1)OCO2. The number of benzene rings is 1. The fourth-order valence-corrected chi connectivity index (χ4v) is 1.99. The molecule has 3 rings (SSSR count). The largest absolute Gasteiger partial charge is 0.454 e. The topological polar surface area (TPSA) is 56.3 Å². The number of hydrogen-bond donors (Lipinski definition) is 1. The standard InChI is InChI=1S/C14H15N3O2/c1-10(17-7-11-5-15-8-16-6-11)12-2-3-13-14(4-12)19-9-18-13/h2-6,8,10,17H,7,9H2,1H3. The molecule has 0 radical (unpaired) electrons. The van der Waals surface area contributed by atoms with Crippen LogP contribution in [0, 0.1) is 0 Å². The molecule has 5 heteroatoms. The Morgan fingerprint density at radius 3 is 2.84 bits per heavy atom. The van der Waals surface area contributed by atoms with Crippen molar-refractivity contribution in [2.45, 2.75) is 19.5 Å². The van der Waals surface area contributed by atoms with Crippen LogP contribution < -0.4 is 14.8 Å². The molecule has 19 heavy (non-hydrogen) atoms. The maximum atomic E-state index is 5.38. The summed E-state index contributed by atoms with van der Waals surface area (Å²) in [4.78, 5) is 7.99. The van der Waals surface area contributed by atoms with Crippen molar-refractivity contribution in [3.63, 3.8) is 0 Å². The highest BCUT2D eigenvalue weighted by Crippen LogP contribution is 2.34. The minimum Gasteiger partial charge on any atom is -0.454 e. The second kappa shape index (κ2) is 5.24. The van der Waals surface area contributed by atoms with Crippen LogP contribution in [0.15, 0.2) is 36.9 Å². The van der Waals surface area contributed by atoms with Crippen molar-refractivity contribution in [1.29, 1.82) is 0 Å². The maximum Gasteiger partial charge on any atom is 0.231 e. The van der Waals surface area contributed by atoms with E-state index in [0.29, 0.717) is 6.79 Å². The molecule has 0 saturated carbocycles. The first-order valence-corrected chi connectivity index (χ1v) is 6.20. The van der Waals surface area contributed by atoms with E-state index in [-0.39, 0.29) is 6.04 Å². The molecule has 1 aromatic heterocycles. The maximum absolute atomic E-state index is 5.38. The average molecular weight is 257 g/mol. The van der Waals surface area contributed by atoms with Gasteiger partial charge in [0.2, 0.25) is 6.79 Å². The number of fused-ring (bicyclic) bond motifs is 1. The molecule has 5 nitrogen and oxygen atoms in total. The summed E-state index contributed by atoms with van der Waals surface area (Å²) in [6.45, 7) is 3.15. The van der Waals surface area contributed by atoms with Crippen molar-refractivity contribution in [1.82, 2.24) is 15.3 Å². The smallest absolute Gasteiger partial charge is 0.231 e. The van der Waals surface area contributed by atoms with E-state index in [0.717, 1.165) is 23.6 Å². The van der Waals surface area contributed by atoms with E-state index < -0.39 is 0 Å². The van der Waals surface area contributed by atoms with Gasteiger partial charge in [0, 0.05) is 30.5 Å². The van der Waals surface area contributed by atoms with Crippen LogP contribution in [0.3, 0.4) is 0 Å². The molecule has 0 spiro atoms. The lowest BCUT2D eigenvalue weighted by molar-refractivity contribution is 0.174. The first-order valence-electron chi connectivity index (χ1n) is 6.20. The molecule has 1 aliphatic heterocycles. The molecule has 1 N–H and O–H groups in total. The Balaban J connectivity index is 1.65. The minimum absolute atomic E-state index is 0.217. The summed E-state index contributed by atoms with van der Waals surface area (Å²) in [6.07, 6.45) is 5.16. The van der Waals surface area contributed by atoms with Gasteiger partial charge in [-0.15, -0.1) is 0 Å². The molecular weight excluding hydrogens is 242 g/mol. The predicted octanol–water partition coefficient (Wildman–Crippen LogP) is 2.06. The van der Waals surface area contributed by atoms with Gasteiger partial charge in [0.25, 0.3) is 0 Å². The summed E-state index contributed by atoms with van der Waals surface area (Å²) in [6, 6.07) is 6.23. The van der Waals surface area contributed by atoms with Gasteiger partial charge in [0.15, 0.2) is 11.5 Å². The summed E-state index contributed by atoms with van der Waals surface area (Å²) < 4.78 is 10.7. The second-order valence-electron chi connectivity index (χ2n) is 4.46. The lowest BCUT2D eigenvalue weighted by atomic mass is 10.1.